The van der Waals surface area contributed by atoms with Crippen molar-refractivity contribution in [2.24, 2.45) is 5.41 Å². The molecule has 3 heteroatoms. The van der Waals surface area contributed by atoms with Gasteiger partial charge >= 0.3 is 5.97 Å². The summed E-state index contributed by atoms with van der Waals surface area (Å²) in [6.45, 7) is 18.2. The van der Waals surface area contributed by atoms with Gasteiger partial charge in [0.15, 0.2) is 0 Å². The molecule has 0 aliphatic rings. The third-order valence-corrected chi connectivity index (χ3v) is 3.65. The van der Waals surface area contributed by atoms with E-state index >= 15 is 0 Å². The first-order valence-electron chi connectivity index (χ1n) is 9.33. The first-order valence-corrected chi connectivity index (χ1v) is 9.33. The first kappa shape index (κ1) is 23.6. The zero-order valence-corrected chi connectivity index (χ0v) is 17.7. The van der Waals surface area contributed by atoms with Crippen LogP contribution >= 0.6 is 0 Å². The summed E-state index contributed by atoms with van der Waals surface area (Å²) >= 11 is 0. The zero-order chi connectivity index (χ0) is 19.7. The number of hydrogen-bond acceptors (Lipinski definition) is 3. The van der Waals surface area contributed by atoms with E-state index in [9.17, 15) is 4.79 Å². The molecule has 0 bridgehead atoms. The van der Waals surface area contributed by atoms with Crippen LogP contribution < -0.4 is 0 Å². The Labute approximate surface area is 155 Å². The molecule has 0 heterocycles. The maximum absolute atomic E-state index is 12.0. The largest absolute Gasteiger partial charge is 0.459 e. The molecular formula is C22H38O3. The first-order chi connectivity index (χ1) is 11.4. The molecule has 0 unspecified atom stereocenters. The standard InChI is InChI=1S/C20H32O3.C2H6/c1-18(2,3)17(21)23-19(4,5)13-14-22-20(6,7)15-16-11-9-8-10-12-16;1-2/h8-12H,13-15H2,1-7H3;1-2H3. The molecular weight excluding hydrogens is 312 g/mol. The van der Waals surface area contributed by atoms with Crippen molar-refractivity contribution in [3.63, 3.8) is 0 Å². The minimum atomic E-state index is -0.521. The quantitative estimate of drug-likeness (QED) is 0.582. The average molecular weight is 351 g/mol. The maximum atomic E-state index is 12.0. The Balaban J connectivity index is 0.00000277. The molecule has 25 heavy (non-hydrogen) atoms. The molecule has 0 aliphatic carbocycles. The molecule has 0 spiro atoms. The van der Waals surface area contributed by atoms with Crippen molar-refractivity contribution in [1.29, 1.82) is 0 Å². The van der Waals surface area contributed by atoms with Crippen LogP contribution in [0.15, 0.2) is 30.3 Å². The topological polar surface area (TPSA) is 35.5 Å². The van der Waals surface area contributed by atoms with Crippen LogP contribution in [-0.4, -0.2) is 23.8 Å². The van der Waals surface area contributed by atoms with Crippen LogP contribution in [0.25, 0.3) is 0 Å². The number of esters is 1. The van der Waals surface area contributed by atoms with Gasteiger partial charge in [-0.3, -0.25) is 4.79 Å². The van der Waals surface area contributed by atoms with Crippen LogP contribution in [0.5, 0.6) is 0 Å². The van der Waals surface area contributed by atoms with E-state index in [-0.39, 0.29) is 11.6 Å². The van der Waals surface area contributed by atoms with Crippen LogP contribution in [0.3, 0.4) is 0 Å². The minimum Gasteiger partial charge on any atom is -0.459 e. The van der Waals surface area contributed by atoms with Crippen molar-refractivity contribution < 1.29 is 14.3 Å². The number of rotatable bonds is 7. The summed E-state index contributed by atoms with van der Waals surface area (Å²) in [6, 6.07) is 10.3. The van der Waals surface area contributed by atoms with Gasteiger partial charge in [-0.1, -0.05) is 44.2 Å². The highest BCUT2D eigenvalue weighted by molar-refractivity contribution is 5.75. The lowest BCUT2D eigenvalue weighted by atomic mass is 9.96. The van der Waals surface area contributed by atoms with Crippen molar-refractivity contribution in [1.82, 2.24) is 0 Å². The van der Waals surface area contributed by atoms with E-state index in [0.717, 1.165) is 6.42 Å². The molecule has 1 rings (SSSR count). The Bertz CT molecular complexity index is 496. The number of carbonyl (C=O) groups is 1. The molecule has 1 aromatic carbocycles. The van der Waals surface area contributed by atoms with Crippen molar-refractivity contribution in [3.8, 4) is 0 Å². The Morgan fingerprint density at radius 2 is 1.40 bits per heavy atom. The summed E-state index contributed by atoms with van der Waals surface area (Å²) in [5, 5.41) is 0. The lowest BCUT2D eigenvalue weighted by molar-refractivity contribution is -0.168. The Morgan fingerprint density at radius 3 is 1.88 bits per heavy atom. The third-order valence-electron chi connectivity index (χ3n) is 3.65. The van der Waals surface area contributed by atoms with Gasteiger partial charge in [0, 0.05) is 12.8 Å². The number of benzene rings is 1. The summed E-state index contributed by atoms with van der Waals surface area (Å²) in [7, 11) is 0. The predicted molar refractivity (Wildman–Crippen MR) is 106 cm³/mol. The summed E-state index contributed by atoms with van der Waals surface area (Å²) < 4.78 is 11.7. The molecule has 0 atom stereocenters. The van der Waals surface area contributed by atoms with Crippen LogP contribution in [-0.2, 0) is 20.7 Å². The predicted octanol–water partition coefficient (Wildman–Crippen LogP) is 5.81. The Morgan fingerprint density at radius 1 is 0.880 bits per heavy atom. The summed E-state index contributed by atoms with van der Waals surface area (Å²) in [6.07, 6.45) is 1.53. The lowest BCUT2D eigenvalue weighted by Crippen LogP contribution is -2.36. The van der Waals surface area contributed by atoms with Crippen molar-refractivity contribution in [3.05, 3.63) is 35.9 Å². The summed E-state index contributed by atoms with van der Waals surface area (Å²) in [5.74, 6) is -0.175. The van der Waals surface area contributed by atoms with Crippen LogP contribution in [0.1, 0.15) is 74.3 Å². The normalized spacial score (nSPS) is 12.2. The van der Waals surface area contributed by atoms with Crippen molar-refractivity contribution in [2.45, 2.75) is 86.4 Å². The molecule has 0 aliphatic heterocycles. The van der Waals surface area contributed by atoms with Crippen molar-refractivity contribution >= 4 is 5.97 Å². The van der Waals surface area contributed by atoms with E-state index in [1.165, 1.54) is 5.56 Å². The fraction of sp³-hybridized carbons (Fsp3) is 0.682. The molecule has 0 fully saturated rings. The van der Waals surface area contributed by atoms with E-state index in [4.69, 9.17) is 9.47 Å². The second-order valence-electron chi connectivity index (χ2n) is 8.42. The lowest BCUT2D eigenvalue weighted by Gasteiger charge is -2.31. The molecule has 1 aromatic rings. The maximum Gasteiger partial charge on any atom is 0.311 e. The molecule has 0 aromatic heterocycles. The molecule has 0 amide bonds. The fourth-order valence-electron chi connectivity index (χ4n) is 2.17. The van der Waals surface area contributed by atoms with Crippen LogP contribution in [0.2, 0.25) is 0 Å². The summed E-state index contributed by atoms with van der Waals surface area (Å²) in [5.41, 5.74) is 0.0135. The van der Waals surface area contributed by atoms with Crippen LogP contribution in [0.4, 0.5) is 0 Å². The van der Waals surface area contributed by atoms with E-state index in [1.807, 2.05) is 66.7 Å². The monoisotopic (exact) mass is 350 g/mol. The molecule has 144 valence electrons. The van der Waals surface area contributed by atoms with Gasteiger partial charge < -0.3 is 9.47 Å². The third kappa shape index (κ3) is 10.3. The molecule has 3 nitrogen and oxygen atoms in total. The average Bonchev–Trinajstić information content (AvgIpc) is 2.47. The Hall–Kier alpha value is -1.35. The molecule has 0 N–H and O–H groups in total. The molecule has 0 saturated carbocycles. The number of carbonyl (C=O) groups excluding carboxylic acids is 1. The smallest absolute Gasteiger partial charge is 0.311 e. The zero-order valence-electron chi connectivity index (χ0n) is 17.7. The van der Waals surface area contributed by atoms with Gasteiger partial charge in [-0.25, -0.2) is 0 Å². The second-order valence-corrected chi connectivity index (χ2v) is 8.42. The molecule has 0 radical (unpaired) electrons. The van der Waals surface area contributed by atoms with E-state index in [0.29, 0.717) is 13.0 Å². The van der Waals surface area contributed by atoms with E-state index in [1.54, 1.807) is 0 Å². The highest BCUT2D eigenvalue weighted by atomic mass is 16.6. The van der Waals surface area contributed by atoms with Gasteiger partial charge in [-0.05, 0) is 54.0 Å². The van der Waals surface area contributed by atoms with Gasteiger partial charge in [-0.2, -0.15) is 0 Å². The number of hydrogen-bond donors (Lipinski definition) is 0. The van der Waals surface area contributed by atoms with Gasteiger partial charge in [-0.15, -0.1) is 0 Å². The highest BCUT2D eigenvalue weighted by Crippen LogP contribution is 2.24. The van der Waals surface area contributed by atoms with Gasteiger partial charge in [0.25, 0.3) is 0 Å². The SMILES string of the molecule is CC.CC(C)(Cc1ccccc1)OCCC(C)(C)OC(=O)C(C)(C)C. The minimum absolute atomic E-state index is 0.175. The number of ether oxygens (including phenoxy) is 2. The molecule has 0 saturated heterocycles. The van der Waals surface area contributed by atoms with Gasteiger partial charge in [0.2, 0.25) is 0 Å². The van der Waals surface area contributed by atoms with E-state index in [2.05, 4.69) is 26.0 Å². The van der Waals surface area contributed by atoms with Gasteiger partial charge in [0.1, 0.15) is 5.60 Å². The van der Waals surface area contributed by atoms with E-state index < -0.39 is 11.0 Å². The van der Waals surface area contributed by atoms with Crippen LogP contribution in [0, 0.1) is 5.41 Å². The van der Waals surface area contributed by atoms with Gasteiger partial charge in [0.05, 0.1) is 17.6 Å². The fourth-order valence-corrected chi connectivity index (χ4v) is 2.17. The highest BCUT2D eigenvalue weighted by Gasteiger charge is 2.31. The summed E-state index contributed by atoms with van der Waals surface area (Å²) in [4.78, 5) is 12.0. The Kier molecular flexibility index (Phi) is 9.42. The second kappa shape index (κ2) is 9.96. The van der Waals surface area contributed by atoms with Crippen molar-refractivity contribution in [2.75, 3.05) is 6.61 Å².